The minimum Gasteiger partial charge on any atom is -0.484 e. The van der Waals surface area contributed by atoms with Crippen molar-refractivity contribution in [3.8, 4) is 5.75 Å². The van der Waals surface area contributed by atoms with Gasteiger partial charge in [-0.3, -0.25) is 4.79 Å². The zero-order valence-electron chi connectivity index (χ0n) is 20.3. The van der Waals surface area contributed by atoms with E-state index in [1.54, 1.807) is 0 Å². The zero-order valence-corrected chi connectivity index (χ0v) is 21.1. The number of carbonyl (C=O) groups is 1. The van der Waals surface area contributed by atoms with Gasteiger partial charge in [-0.2, -0.15) is 0 Å². The highest BCUT2D eigenvalue weighted by Gasteiger charge is 2.28. The predicted octanol–water partition coefficient (Wildman–Crippen LogP) is 5.20. The van der Waals surface area contributed by atoms with Crippen LogP contribution in [0, 0.1) is 0 Å². The molecule has 1 saturated heterocycles. The predicted molar refractivity (Wildman–Crippen MR) is 138 cm³/mol. The van der Waals surface area contributed by atoms with E-state index in [1.807, 2.05) is 46.6 Å². The number of aryl methyl sites for hydroxylation is 2. The summed E-state index contributed by atoms with van der Waals surface area (Å²) in [6, 6.07) is 9.53. The lowest BCUT2D eigenvalue weighted by Gasteiger charge is -2.36. The van der Waals surface area contributed by atoms with Crippen molar-refractivity contribution in [2.75, 3.05) is 37.7 Å². The van der Waals surface area contributed by atoms with Crippen molar-refractivity contribution in [3.05, 3.63) is 46.6 Å². The lowest BCUT2D eigenvalue weighted by atomic mass is 10.1. The lowest BCUT2D eigenvalue weighted by molar-refractivity contribution is -0.133. The standard InChI is InChI=1S/C27H34N4O2S/c1-3-19(2)25-28-26(24-21-12-8-5-9-13-22(21)34-27(24)29-25)31-16-14-30(15-17-31)23(32)18-33-20-10-6-4-7-11-20/h4,6-7,10-11,19H,3,5,8-9,12-18H2,1-2H3/t19-/m0/s1. The molecule has 3 heterocycles. The van der Waals surface area contributed by atoms with Crippen molar-refractivity contribution < 1.29 is 9.53 Å². The van der Waals surface area contributed by atoms with Gasteiger partial charge in [0.2, 0.25) is 0 Å². The fourth-order valence-electron chi connectivity index (χ4n) is 4.88. The fourth-order valence-corrected chi connectivity index (χ4v) is 6.15. The Morgan fingerprint density at radius 3 is 2.59 bits per heavy atom. The van der Waals surface area contributed by atoms with Crippen molar-refractivity contribution in [3.63, 3.8) is 0 Å². The third-order valence-electron chi connectivity index (χ3n) is 7.15. The first-order valence-electron chi connectivity index (χ1n) is 12.7. The van der Waals surface area contributed by atoms with Crippen molar-refractivity contribution in [1.29, 1.82) is 0 Å². The molecule has 2 aliphatic rings. The number of anilines is 1. The normalized spacial score (nSPS) is 17.4. The third-order valence-corrected chi connectivity index (χ3v) is 8.34. The number of hydrogen-bond acceptors (Lipinski definition) is 6. The number of aromatic nitrogens is 2. The molecule has 0 bridgehead atoms. The fraction of sp³-hybridized carbons (Fsp3) is 0.519. The number of fused-ring (bicyclic) bond motifs is 3. The van der Waals surface area contributed by atoms with Crippen LogP contribution < -0.4 is 9.64 Å². The molecule has 1 fully saturated rings. The number of para-hydroxylation sites is 1. The van der Waals surface area contributed by atoms with E-state index in [1.165, 1.54) is 35.1 Å². The number of piperazine rings is 1. The van der Waals surface area contributed by atoms with Crippen LogP contribution in [0.1, 0.15) is 61.7 Å². The van der Waals surface area contributed by atoms with Crippen LogP contribution in [0.3, 0.4) is 0 Å². The van der Waals surface area contributed by atoms with E-state index in [-0.39, 0.29) is 12.5 Å². The number of benzene rings is 1. The summed E-state index contributed by atoms with van der Waals surface area (Å²) in [5.74, 6) is 3.15. The smallest absolute Gasteiger partial charge is 0.260 e. The molecule has 1 aliphatic heterocycles. The lowest BCUT2D eigenvalue weighted by Crippen LogP contribution is -2.50. The number of thiophene rings is 1. The summed E-state index contributed by atoms with van der Waals surface area (Å²) in [5.41, 5.74) is 1.48. The van der Waals surface area contributed by atoms with Crippen molar-refractivity contribution in [2.45, 2.75) is 58.3 Å². The first kappa shape index (κ1) is 23.1. The number of ether oxygens (including phenoxy) is 1. The van der Waals surface area contributed by atoms with Gasteiger partial charge in [0, 0.05) is 37.0 Å². The maximum absolute atomic E-state index is 12.8. The van der Waals surface area contributed by atoms with Gasteiger partial charge >= 0.3 is 0 Å². The van der Waals surface area contributed by atoms with E-state index in [2.05, 4.69) is 18.7 Å². The quantitative estimate of drug-likeness (QED) is 0.456. The molecule has 1 aromatic carbocycles. The second kappa shape index (κ2) is 10.3. The molecule has 180 valence electrons. The molecular weight excluding hydrogens is 444 g/mol. The van der Waals surface area contributed by atoms with E-state index in [9.17, 15) is 4.79 Å². The zero-order chi connectivity index (χ0) is 23.5. The average molecular weight is 479 g/mol. The van der Waals surface area contributed by atoms with Gasteiger partial charge in [0.1, 0.15) is 22.2 Å². The van der Waals surface area contributed by atoms with Gasteiger partial charge in [0.25, 0.3) is 5.91 Å². The van der Waals surface area contributed by atoms with Crippen molar-refractivity contribution >= 4 is 33.3 Å². The number of hydrogen-bond donors (Lipinski definition) is 0. The molecule has 0 unspecified atom stereocenters. The summed E-state index contributed by atoms with van der Waals surface area (Å²) in [4.78, 5) is 29.9. The van der Waals surface area contributed by atoms with Crippen molar-refractivity contribution in [2.24, 2.45) is 0 Å². The van der Waals surface area contributed by atoms with E-state index in [0.717, 1.165) is 54.6 Å². The Morgan fingerprint density at radius 1 is 1.06 bits per heavy atom. The van der Waals surface area contributed by atoms with Crippen LogP contribution >= 0.6 is 11.3 Å². The number of rotatable bonds is 6. The first-order chi connectivity index (χ1) is 16.6. The molecule has 34 heavy (non-hydrogen) atoms. The Balaban J connectivity index is 1.35. The summed E-state index contributed by atoms with van der Waals surface area (Å²) >= 11 is 1.88. The van der Waals surface area contributed by atoms with Gasteiger partial charge in [-0.1, -0.05) is 38.5 Å². The highest BCUT2D eigenvalue weighted by atomic mass is 32.1. The first-order valence-corrected chi connectivity index (χ1v) is 13.5. The molecule has 0 spiro atoms. The molecule has 1 amide bonds. The average Bonchev–Trinajstić information content (AvgIpc) is 3.07. The van der Waals surface area contributed by atoms with Gasteiger partial charge in [0.05, 0.1) is 5.39 Å². The molecule has 1 aliphatic carbocycles. The van der Waals surface area contributed by atoms with Crippen molar-refractivity contribution in [1.82, 2.24) is 14.9 Å². The molecule has 5 rings (SSSR count). The van der Waals surface area contributed by atoms with E-state index < -0.39 is 0 Å². The molecule has 7 heteroatoms. The van der Waals surface area contributed by atoms with Gasteiger partial charge in [-0.25, -0.2) is 9.97 Å². The van der Waals surface area contributed by atoms with Gasteiger partial charge < -0.3 is 14.5 Å². The van der Waals surface area contributed by atoms with E-state index in [0.29, 0.717) is 19.0 Å². The van der Waals surface area contributed by atoms with E-state index >= 15 is 0 Å². The number of carbonyl (C=O) groups excluding carboxylic acids is 1. The Morgan fingerprint density at radius 2 is 1.82 bits per heavy atom. The molecule has 6 nitrogen and oxygen atoms in total. The van der Waals surface area contributed by atoms with Gasteiger partial charge in [0.15, 0.2) is 6.61 Å². The summed E-state index contributed by atoms with van der Waals surface area (Å²) in [7, 11) is 0. The van der Waals surface area contributed by atoms with Crippen LogP contribution in [-0.2, 0) is 17.6 Å². The summed E-state index contributed by atoms with van der Waals surface area (Å²) in [6.07, 6.45) is 7.14. The Bertz CT molecular complexity index is 1140. The van der Waals surface area contributed by atoms with Crippen LogP contribution in [0.5, 0.6) is 5.75 Å². The third kappa shape index (κ3) is 4.76. The second-order valence-corrected chi connectivity index (χ2v) is 10.5. The van der Waals surface area contributed by atoms with Crippen LogP contribution in [0.2, 0.25) is 0 Å². The minimum absolute atomic E-state index is 0.0426. The number of nitrogens with zero attached hydrogens (tertiary/aromatic N) is 4. The highest BCUT2D eigenvalue weighted by Crippen LogP contribution is 2.40. The molecule has 2 aromatic heterocycles. The summed E-state index contributed by atoms with van der Waals surface area (Å²) in [5, 5.41) is 1.28. The van der Waals surface area contributed by atoms with Crippen LogP contribution in [0.25, 0.3) is 10.2 Å². The van der Waals surface area contributed by atoms with Gasteiger partial charge in [-0.15, -0.1) is 11.3 Å². The molecule has 3 aromatic rings. The molecule has 0 saturated carbocycles. The van der Waals surface area contributed by atoms with Crippen LogP contribution in [0.4, 0.5) is 5.82 Å². The maximum Gasteiger partial charge on any atom is 0.260 e. The minimum atomic E-state index is 0.0426. The molecule has 0 radical (unpaired) electrons. The summed E-state index contributed by atoms with van der Waals surface area (Å²) in [6.45, 7) is 7.44. The Labute approximate surface area is 206 Å². The van der Waals surface area contributed by atoms with Gasteiger partial charge in [-0.05, 0) is 49.8 Å². The Kier molecular flexibility index (Phi) is 6.99. The van der Waals surface area contributed by atoms with Crippen LogP contribution in [0.15, 0.2) is 30.3 Å². The largest absolute Gasteiger partial charge is 0.484 e. The molecule has 1 atom stereocenters. The topological polar surface area (TPSA) is 58.6 Å². The van der Waals surface area contributed by atoms with Crippen LogP contribution in [-0.4, -0.2) is 53.6 Å². The second-order valence-electron chi connectivity index (χ2n) is 9.43. The molecular formula is C27H34N4O2S. The highest BCUT2D eigenvalue weighted by molar-refractivity contribution is 7.19. The maximum atomic E-state index is 12.8. The van der Waals surface area contributed by atoms with E-state index in [4.69, 9.17) is 14.7 Å². The Hall–Kier alpha value is -2.67. The molecule has 0 N–H and O–H groups in total. The summed E-state index contributed by atoms with van der Waals surface area (Å²) < 4.78 is 5.68. The number of amides is 1. The SMILES string of the molecule is CC[C@H](C)c1nc(N2CCN(C(=O)COc3ccccc3)CC2)c2c3c(sc2n1)CCCCC3. The monoisotopic (exact) mass is 478 g/mol.